The van der Waals surface area contributed by atoms with Gasteiger partial charge >= 0.3 is 0 Å². The van der Waals surface area contributed by atoms with E-state index in [1.807, 2.05) is 12.1 Å². The molecule has 1 unspecified atom stereocenters. The van der Waals surface area contributed by atoms with Crippen LogP contribution in [-0.2, 0) is 18.4 Å². The molecule has 22 heavy (non-hydrogen) atoms. The van der Waals surface area contributed by atoms with Gasteiger partial charge in [0.1, 0.15) is 11.6 Å². The predicted octanol–water partition coefficient (Wildman–Crippen LogP) is 2.98. The number of hydrogen-bond donors (Lipinski definition) is 3. The fourth-order valence-corrected chi connectivity index (χ4v) is 2.93. The molecule has 0 saturated carbocycles. The third-order valence-corrected chi connectivity index (χ3v) is 4.16. The first-order chi connectivity index (χ1) is 10.4. The molecule has 1 atom stereocenters. The lowest BCUT2D eigenvalue weighted by Gasteiger charge is -2.26. The van der Waals surface area contributed by atoms with Gasteiger partial charge in [0.05, 0.1) is 6.54 Å². The summed E-state index contributed by atoms with van der Waals surface area (Å²) in [5.41, 5.74) is 2.49. The normalized spacial score (nSPS) is 18.2. The summed E-state index contributed by atoms with van der Waals surface area (Å²) < 4.78 is 0. The molecule has 1 heterocycles. The molecule has 2 aromatic rings. The molecular formula is C17H24N4O. The third-order valence-electron chi connectivity index (χ3n) is 4.16. The highest BCUT2D eigenvalue weighted by molar-refractivity contribution is 5.38. The molecule has 1 aliphatic carbocycles. The number of phenols is 1. The molecule has 0 saturated heterocycles. The largest absolute Gasteiger partial charge is 0.508 e. The van der Waals surface area contributed by atoms with Crippen LogP contribution in [0.15, 0.2) is 18.2 Å². The van der Waals surface area contributed by atoms with Crippen LogP contribution in [0.5, 0.6) is 5.75 Å². The molecule has 3 N–H and O–H groups in total. The minimum absolute atomic E-state index is 0.0437. The van der Waals surface area contributed by atoms with Crippen LogP contribution >= 0.6 is 0 Å². The van der Waals surface area contributed by atoms with Crippen molar-refractivity contribution in [3.8, 4) is 5.75 Å². The summed E-state index contributed by atoms with van der Waals surface area (Å²) in [6.07, 6.45) is 3.33. The number of phenolic OH excluding ortho intramolecular Hbond substituents is 1. The zero-order valence-corrected chi connectivity index (χ0v) is 13.5. The maximum atomic E-state index is 9.73. The summed E-state index contributed by atoms with van der Waals surface area (Å²) in [5, 5.41) is 20.6. The van der Waals surface area contributed by atoms with E-state index < -0.39 is 0 Å². The molecule has 0 amide bonds. The van der Waals surface area contributed by atoms with E-state index in [-0.39, 0.29) is 11.5 Å². The van der Waals surface area contributed by atoms with Crippen LogP contribution in [0.2, 0.25) is 0 Å². The average Bonchev–Trinajstić information content (AvgIpc) is 2.94. The van der Waals surface area contributed by atoms with Gasteiger partial charge in [-0.15, -0.1) is 0 Å². The monoisotopic (exact) mass is 300 g/mol. The maximum absolute atomic E-state index is 9.73. The number of aromatic nitrogens is 3. The average molecular weight is 300 g/mol. The van der Waals surface area contributed by atoms with Crippen molar-refractivity contribution in [3.63, 3.8) is 0 Å². The molecular weight excluding hydrogens is 276 g/mol. The Labute approximate surface area is 131 Å². The van der Waals surface area contributed by atoms with Gasteiger partial charge in [-0.25, -0.2) is 4.98 Å². The van der Waals surface area contributed by atoms with Crippen molar-refractivity contribution in [2.45, 2.75) is 58.0 Å². The van der Waals surface area contributed by atoms with Gasteiger partial charge in [0.15, 0.2) is 5.82 Å². The second-order valence-electron chi connectivity index (χ2n) is 7.06. The Morgan fingerprint density at radius 2 is 2.18 bits per heavy atom. The first-order valence-corrected chi connectivity index (χ1v) is 7.90. The van der Waals surface area contributed by atoms with E-state index in [0.29, 0.717) is 12.3 Å². The molecule has 5 heteroatoms. The number of H-pyrrole nitrogens is 1. The van der Waals surface area contributed by atoms with E-state index in [0.717, 1.165) is 24.5 Å². The van der Waals surface area contributed by atoms with E-state index >= 15 is 0 Å². The van der Waals surface area contributed by atoms with E-state index in [1.165, 1.54) is 17.5 Å². The van der Waals surface area contributed by atoms with E-state index in [4.69, 9.17) is 0 Å². The Bertz CT molecular complexity index is 657. The number of nitrogens with zero attached hydrogens (tertiary/aromatic N) is 2. The van der Waals surface area contributed by atoms with Gasteiger partial charge in [-0.05, 0) is 42.5 Å². The lowest BCUT2D eigenvalue weighted by Crippen LogP contribution is -2.25. The molecule has 1 aliphatic rings. The van der Waals surface area contributed by atoms with Crippen LogP contribution in [0.1, 0.15) is 62.4 Å². The highest BCUT2D eigenvalue weighted by Gasteiger charge is 2.22. The van der Waals surface area contributed by atoms with Gasteiger partial charge in [0.2, 0.25) is 0 Å². The first-order valence-electron chi connectivity index (χ1n) is 7.90. The first kappa shape index (κ1) is 15.0. The van der Waals surface area contributed by atoms with E-state index in [9.17, 15) is 5.11 Å². The van der Waals surface area contributed by atoms with Gasteiger partial charge in [0.25, 0.3) is 0 Å². The van der Waals surface area contributed by atoms with E-state index in [1.54, 1.807) is 6.07 Å². The summed E-state index contributed by atoms with van der Waals surface area (Å²) in [7, 11) is 0. The van der Waals surface area contributed by atoms with Gasteiger partial charge in [0, 0.05) is 11.5 Å². The van der Waals surface area contributed by atoms with Crippen LogP contribution in [0, 0.1) is 0 Å². The maximum Gasteiger partial charge on any atom is 0.156 e. The summed E-state index contributed by atoms with van der Waals surface area (Å²) in [5.74, 6) is 2.03. The van der Waals surface area contributed by atoms with Gasteiger partial charge in [-0.3, -0.25) is 5.10 Å². The van der Waals surface area contributed by atoms with Crippen molar-refractivity contribution >= 4 is 0 Å². The van der Waals surface area contributed by atoms with Crippen molar-refractivity contribution in [2.24, 2.45) is 0 Å². The van der Waals surface area contributed by atoms with Gasteiger partial charge in [-0.1, -0.05) is 26.8 Å². The molecule has 1 aromatic carbocycles. The van der Waals surface area contributed by atoms with Gasteiger partial charge < -0.3 is 10.4 Å². The third kappa shape index (κ3) is 3.14. The fourth-order valence-electron chi connectivity index (χ4n) is 2.93. The molecule has 1 aromatic heterocycles. The number of benzene rings is 1. The molecule has 0 fully saturated rings. The van der Waals surface area contributed by atoms with Crippen LogP contribution < -0.4 is 5.32 Å². The Morgan fingerprint density at radius 3 is 2.91 bits per heavy atom. The Kier molecular flexibility index (Phi) is 3.91. The number of rotatable bonds is 3. The molecule has 0 aliphatic heterocycles. The minimum Gasteiger partial charge on any atom is -0.508 e. The molecule has 5 nitrogen and oxygen atoms in total. The number of fused-ring (bicyclic) bond motifs is 1. The van der Waals surface area contributed by atoms with Crippen LogP contribution in [-0.4, -0.2) is 20.3 Å². The van der Waals surface area contributed by atoms with Crippen molar-refractivity contribution in [1.29, 1.82) is 0 Å². The number of hydrogen-bond acceptors (Lipinski definition) is 4. The smallest absolute Gasteiger partial charge is 0.156 e. The number of aromatic amines is 1. The summed E-state index contributed by atoms with van der Waals surface area (Å²) >= 11 is 0. The highest BCUT2D eigenvalue weighted by Crippen LogP contribution is 2.32. The SMILES string of the molecule is CC(C)(C)c1n[nH]c(CNC2CCCc3ccc(O)cc32)n1. The van der Waals surface area contributed by atoms with Crippen molar-refractivity contribution in [2.75, 3.05) is 0 Å². The lowest BCUT2D eigenvalue weighted by atomic mass is 9.87. The van der Waals surface area contributed by atoms with Crippen LogP contribution in [0.3, 0.4) is 0 Å². The Balaban J connectivity index is 1.70. The van der Waals surface area contributed by atoms with Crippen molar-refractivity contribution < 1.29 is 5.11 Å². The molecule has 3 rings (SSSR count). The van der Waals surface area contributed by atoms with Crippen molar-refractivity contribution in [3.05, 3.63) is 41.0 Å². The highest BCUT2D eigenvalue weighted by atomic mass is 16.3. The Morgan fingerprint density at radius 1 is 1.36 bits per heavy atom. The van der Waals surface area contributed by atoms with Crippen LogP contribution in [0.25, 0.3) is 0 Å². The van der Waals surface area contributed by atoms with E-state index in [2.05, 4.69) is 41.3 Å². The van der Waals surface area contributed by atoms with Crippen molar-refractivity contribution in [1.82, 2.24) is 20.5 Å². The quantitative estimate of drug-likeness (QED) is 0.814. The minimum atomic E-state index is -0.0437. The topological polar surface area (TPSA) is 73.8 Å². The van der Waals surface area contributed by atoms with Gasteiger partial charge in [-0.2, -0.15) is 5.10 Å². The predicted molar refractivity (Wildman–Crippen MR) is 85.7 cm³/mol. The lowest BCUT2D eigenvalue weighted by molar-refractivity contribution is 0.441. The van der Waals surface area contributed by atoms with Crippen LogP contribution in [0.4, 0.5) is 0 Å². The number of nitrogens with one attached hydrogen (secondary N) is 2. The molecule has 0 bridgehead atoms. The zero-order chi connectivity index (χ0) is 15.7. The molecule has 0 spiro atoms. The number of aromatic hydroxyl groups is 1. The second-order valence-corrected chi connectivity index (χ2v) is 7.06. The number of aryl methyl sites for hydroxylation is 1. The second kappa shape index (κ2) is 5.72. The summed E-state index contributed by atoms with van der Waals surface area (Å²) in [6, 6.07) is 5.95. The zero-order valence-electron chi connectivity index (χ0n) is 13.5. The Hall–Kier alpha value is -1.88. The summed E-state index contributed by atoms with van der Waals surface area (Å²) in [6.45, 7) is 6.97. The molecule has 118 valence electrons. The standard InChI is InChI=1S/C17H24N4O/c1-17(2,3)16-19-15(20-21-16)10-18-14-6-4-5-11-7-8-12(22)9-13(11)14/h7-9,14,18,22H,4-6,10H2,1-3H3,(H,19,20,21). The molecule has 0 radical (unpaired) electrons. The summed E-state index contributed by atoms with van der Waals surface area (Å²) in [4.78, 5) is 4.56. The fraction of sp³-hybridized carbons (Fsp3) is 0.529.